The van der Waals surface area contributed by atoms with E-state index in [1.165, 1.54) is 13.8 Å². The van der Waals surface area contributed by atoms with Crippen LogP contribution in [0.1, 0.15) is 13.8 Å². The van der Waals surface area contributed by atoms with Crippen molar-refractivity contribution in [3.05, 3.63) is 24.3 Å². The highest BCUT2D eigenvalue weighted by atomic mass is 16.7. The van der Waals surface area contributed by atoms with Crippen molar-refractivity contribution in [2.45, 2.75) is 44.5 Å². The molecule has 1 aliphatic heterocycles. The number of rotatable bonds is 5. The predicted octanol–water partition coefficient (Wildman–Crippen LogP) is -1.03. The molecule has 5 atom stereocenters. The summed E-state index contributed by atoms with van der Waals surface area (Å²) in [6, 6.07) is 5.49. The average molecular weight is 354 g/mol. The van der Waals surface area contributed by atoms with E-state index >= 15 is 0 Å². The summed E-state index contributed by atoms with van der Waals surface area (Å²) in [4.78, 5) is 22.7. The number of hydrogen-bond donors (Lipinski definition) is 5. The summed E-state index contributed by atoms with van der Waals surface area (Å²) in [7, 11) is 0. The monoisotopic (exact) mass is 354 g/mol. The van der Waals surface area contributed by atoms with E-state index in [1.807, 2.05) is 0 Å². The smallest absolute Gasteiger partial charge is 0.223 e. The number of benzene rings is 1. The zero-order chi connectivity index (χ0) is 18.6. The van der Waals surface area contributed by atoms with Gasteiger partial charge in [0.2, 0.25) is 18.1 Å². The van der Waals surface area contributed by atoms with Crippen molar-refractivity contribution in [2.75, 3.05) is 11.9 Å². The first kappa shape index (κ1) is 19.1. The second-order valence-electron chi connectivity index (χ2n) is 5.73. The molecule has 1 heterocycles. The van der Waals surface area contributed by atoms with E-state index in [2.05, 4.69) is 10.6 Å². The maximum atomic E-state index is 11.4. The van der Waals surface area contributed by atoms with Crippen LogP contribution in [0, 0.1) is 0 Å². The Morgan fingerprint density at radius 2 is 1.84 bits per heavy atom. The summed E-state index contributed by atoms with van der Waals surface area (Å²) in [5.41, 5.74) is 0.376. The topological polar surface area (TPSA) is 137 Å². The van der Waals surface area contributed by atoms with Gasteiger partial charge in [0.1, 0.15) is 30.1 Å². The number of aliphatic hydroxyl groups excluding tert-OH is 3. The SMILES string of the molecule is CC(=O)Nc1ccccc1O[C@@H]1O[C@H](CO)[C@H](O)[C@@H](O)[C@H]1NC(C)=O. The molecule has 2 amide bonds. The van der Waals surface area contributed by atoms with E-state index in [4.69, 9.17) is 9.47 Å². The summed E-state index contributed by atoms with van der Waals surface area (Å²) in [5, 5.41) is 34.6. The van der Waals surface area contributed by atoms with Crippen LogP contribution in [0.4, 0.5) is 5.69 Å². The highest BCUT2D eigenvalue weighted by molar-refractivity contribution is 5.90. The highest BCUT2D eigenvalue weighted by Gasteiger charge is 2.46. The van der Waals surface area contributed by atoms with E-state index < -0.39 is 43.2 Å². The lowest BCUT2D eigenvalue weighted by Gasteiger charge is -2.42. The van der Waals surface area contributed by atoms with Gasteiger partial charge in [0.05, 0.1) is 12.3 Å². The number of hydrogen-bond acceptors (Lipinski definition) is 7. The number of nitrogens with one attached hydrogen (secondary N) is 2. The molecule has 0 radical (unpaired) electrons. The number of amides is 2. The van der Waals surface area contributed by atoms with Crippen LogP contribution >= 0.6 is 0 Å². The minimum atomic E-state index is -1.41. The molecule has 1 aromatic carbocycles. The van der Waals surface area contributed by atoms with E-state index in [9.17, 15) is 24.9 Å². The van der Waals surface area contributed by atoms with Gasteiger partial charge in [0.25, 0.3) is 0 Å². The second-order valence-corrected chi connectivity index (χ2v) is 5.73. The van der Waals surface area contributed by atoms with Gasteiger partial charge in [0.15, 0.2) is 0 Å². The Kier molecular flexibility index (Phi) is 6.32. The molecule has 0 aliphatic carbocycles. The molecule has 9 heteroatoms. The van der Waals surface area contributed by atoms with Crippen molar-refractivity contribution in [1.29, 1.82) is 0 Å². The molecule has 0 saturated carbocycles. The summed E-state index contributed by atoms with van der Waals surface area (Å²) in [6.45, 7) is 2.05. The largest absolute Gasteiger partial charge is 0.460 e. The fourth-order valence-corrected chi connectivity index (χ4v) is 2.56. The van der Waals surface area contributed by atoms with Crippen LogP contribution in [0.15, 0.2) is 24.3 Å². The Balaban J connectivity index is 2.27. The molecule has 1 saturated heterocycles. The molecule has 9 nitrogen and oxygen atoms in total. The molecule has 0 bridgehead atoms. The van der Waals surface area contributed by atoms with Crippen LogP contribution in [0.2, 0.25) is 0 Å². The third-order valence-electron chi connectivity index (χ3n) is 3.69. The molecule has 1 fully saturated rings. The maximum Gasteiger partial charge on any atom is 0.223 e. The Morgan fingerprint density at radius 3 is 2.44 bits per heavy atom. The molecule has 0 aromatic heterocycles. The molecule has 0 spiro atoms. The Morgan fingerprint density at radius 1 is 1.16 bits per heavy atom. The number of anilines is 1. The van der Waals surface area contributed by atoms with Gasteiger partial charge in [-0.1, -0.05) is 12.1 Å². The van der Waals surface area contributed by atoms with Crippen molar-refractivity contribution in [3.8, 4) is 5.75 Å². The summed E-state index contributed by atoms with van der Waals surface area (Å²) < 4.78 is 11.2. The third-order valence-corrected chi connectivity index (χ3v) is 3.69. The first-order valence-corrected chi connectivity index (χ1v) is 7.76. The zero-order valence-corrected chi connectivity index (χ0v) is 13.9. The molecule has 1 aromatic rings. The van der Waals surface area contributed by atoms with Crippen LogP contribution in [0.5, 0.6) is 5.75 Å². The summed E-state index contributed by atoms with van der Waals surface area (Å²) >= 11 is 0. The van der Waals surface area contributed by atoms with Crippen LogP contribution in [-0.2, 0) is 14.3 Å². The van der Waals surface area contributed by atoms with Gasteiger partial charge in [-0.25, -0.2) is 0 Å². The fourth-order valence-electron chi connectivity index (χ4n) is 2.56. The first-order valence-electron chi connectivity index (χ1n) is 7.76. The van der Waals surface area contributed by atoms with E-state index in [0.717, 1.165) is 0 Å². The van der Waals surface area contributed by atoms with Crippen LogP contribution in [-0.4, -0.2) is 64.4 Å². The maximum absolute atomic E-state index is 11.4. The molecule has 2 rings (SSSR count). The second kappa shape index (κ2) is 8.26. The number of para-hydroxylation sites is 2. The zero-order valence-electron chi connectivity index (χ0n) is 13.9. The van der Waals surface area contributed by atoms with Gasteiger partial charge in [-0.3, -0.25) is 9.59 Å². The fraction of sp³-hybridized carbons (Fsp3) is 0.500. The van der Waals surface area contributed by atoms with Gasteiger partial charge in [-0.2, -0.15) is 0 Å². The Labute approximate surface area is 144 Å². The van der Waals surface area contributed by atoms with Crippen LogP contribution < -0.4 is 15.4 Å². The van der Waals surface area contributed by atoms with Gasteiger partial charge in [-0.05, 0) is 12.1 Å². The van der Waals surface area contributed by atoms with E-state index in [0.29, 0.717) is 5.69 Å². The molecule has 0 unspecified atom stereocenters. The number of ether oxygens (including phenoxy) is 2. The van der Waals surface area contributed by atoms with E-state index in [-0.39, 0.29) is 11.7 Å². The third kappa shape index (κ3) is 4.67. The molecule has 5 N–H and O–H groups in total. The number of carbonyl (C=O) groups is 2. The number of carbonyl (C=O) groups excluding carboxylic acids is 2. The molecular formula is C16H22N2O7. The standard InChI is InChI=1S/C16H22N2O7/c1-8(20)17-10-5-3-4-6-11(10)24-16-13(18-9(2)21)15(23)14(22)12(7-19)25-16/h3-6,12-16,19,22-23H,7H2,1-2H3,(H,17,20)(H,18,21)/t12-,13-,14+,15+,16-/m1/s1. The Bertz CT molecular complexity index is 624. The normalized spacial score (nSPS) is 28.9. The van der Waals surface area contributed by atoms with Gasteiger partial charge in [0, 0.05) is 13.8 Å². The summed E-state index contributed by atoms with van der Waals surface area (Å²) in [6.07, 6.45) is -5.08. The molecular weight excluding hydrogens is 332 g/mol. The summed E-state index contributed by atoms with van der Waals surface area (Å²) in [5.74, 6) is -0.507. The quantitative estimate of drug-likeness (QED) is 0.456. The Hall–Kier alpha value is -2.20. The van der Waals surface area contributed by atoms with Crippen molar-refractivity contribution in [3.63, 3.8) is 0 Å². The minimum Gasteiger partial charge on any atom is -0.460 e. The van der Waals surface area contributed by atoms with Crippen LogP contribution in [0.25, 0.3) is 0 Å². The van der Waals surface area contributed by atoms with Gasteiger partial charge in [-0.15, -0.1) is 0 Å². The molecule has 25 heavy (non-hydrogen) atoms. The lowest BCUT2D eigenvalue weighted by Crippen LogP contribution is -2.65. The van der Waals surface area contributed by atoms with E-state index in [1.54, 1.807) is 24.3 Å². The van der Waals surface area contributed by atoms with Crippen molar-refractivity contribution < 1.29 is 34.4 Å². The van der Waals surface area contributed by atoms with Gasteiger partial charge < -0.3 is 35.4 Å². The highest BCUT2D eigenvalue weighted by Crippen LogP contribution is 2.29. The average Bonchev–Trinajstić information content (AvgIpc) is 2.55. The minimum absolute atomic E-state index is 0.248. The predicted molar refractivity (Wildman–Crippen MR) is 86.7 cm³/mol. The lowest BCUT2D eigenvalue weighted by molar-refractivity contribution is -0.244. The first-order chi connectivity index (χ1) is 11.8. The van der Waals surface area contributed by atoms with Crippen LogP contribution in [0.3, 0.4) is 0 Å². The van der Waals surface area contributed by atoms with Crippen molar-refractivity contribution >= 4 is 17.5 Å². The van der Waals surface area contributed by atoms with Gasteiger partial charge >= 0.3 is 0 Å². The lowest BCUT2D eigenvalue weighted by atomic mass is 9.97. The molecule has 1 aliphatic rings. The number of aliphatic hydroxyl groups is 3. The molecule has 138 valence electrons. The van der Waals surface area contributed by atoms with Crippen molar-refractivity contribution in [2.24, 2.45) is 0 Å². The van der Waals surface area contributed by atoms with Crippen molar-refractivity contribution in [1.82, 2.24) is 5.32 Å².